The number of thiazole rings is 1. The zero-order chi connectivity index (χ0) is 15.8. The molecule has 0 aliphatic carbocycles. The van der Waals surface area contributed by atoms with Crippen LogP contribution in [0.2, 0.25) is 10.3 Å². The van der Waals surface area contributed by atoms with Crippen LogP contribution in [0.1, 0.15) is 0 Å². The number of pyridine rings is 1. The van der Waals surface area contributed by atoms with Gasteiger partial charge in [-0.2, -0.15) is 0 Å². The van der Waals surface area contributed by atoms with Crippen LogP contribution in [0.15, 0.2) is 35.7 Å². The lowest BCUT2D eigenvalue weighted by Crippen LogP contribution is -2.15. The summed E-state index contributed by atoms with van der Waals surface area (Å²) in [6, 6.07) is 9.32. The predicted molar refractivity (Wildman–Crippen MR) is 91.8 cm³/mol. The van der Waals surface area contributed by atoms with E-state index in [2.05, 4.69) is 9.97 Å². The molecule has 3 heterocycles. The second kappa shape index (κ2) is 6.00. The van der Waals surface area contributed by atoms with Gasteiger partial charge in [0.2, 0.25) is 0 Å². The first kappa shape index (κ1) is 14.8. The van der Waals surface area contributed by atoms with E-state index in [1.165, 1.54) is 11.3 Å². The molecule has 116 valence electrons. The van der Waals surface area contributed by atoms with E-state index in [0.29, 0.717) is 23.5 Å². The minimum atomic E-state index is 0.351. The summed E-state index contributed by atoms with van der Waals surface area (Å²) in [5, 5.41) is 3.52. The summed E-state index contributed by atoms with van der Waals surface area (Å²) < 4.78 is 11.2. The van der Waals surface area contributed by atoms with E-state index in [1.807, 2.05) is 23.6 Å². The van der Waals surface area contributed by atoms with Gasteiger partial charge in [-0.3, -0.25) is 0 Å². The van der Waals surface area contributed by atoms with Crippen molar-refractivity contribution in [3.05, 3.63) is 46.0 Å². The summed E-state index contributed by atoms with van der Waals surface area (Å²) in [4.78, 5) is 8.61. The molecule has 0 radical (unpaired) electrons. The van der Waals surface area contributed by atoms with Gasteiger partial charge in [0.1, 0.15) is 28.5 Å². The molecule has 1 aliphatic heterocycles. The Morgan fingerprint density at radius 1 is 0.870 bits per heavy atom. The monoisotopic (exact) mass is 364 g/mol. The molecule has 0 unspecified atom stereocenters. The molecular formula is C16H10Cl2N2O2S. The zero-order valence-corrected chi connectivity index (χ0v) is 14.1. The molecule has 4 rings (SSSR count). The van der Waals surface area contributed by atoms with Crippen LogP contribution in [-0.2, 0) is 0 Å². The van der Waals surface area contributed by atoms with Crippen molar-refractivity contribution in [2.24, 2.45) is 0 Å². The highest BCUT2D eigenvalue weighted by Gasteiger charge is 2.14. The van der Waals surface area contributed by atoms with E-state index in [-0.39, 0.29) is 0 Å². The number of halogens is 2. The van der Waals surface area contributed by atoms with Gasteiger partial charge in [-0.05, 0) is 30.3 Å². The van der Waals surface area contributed by atoms with Gasteiger partial charge in [0.15, 0.2) is 11.5 Å². The molecular weight excluding hydrogens is 355 g/mol. The topological polar surface area (TPSA) is 44.2 Å². The number of hydrogen-bond donors (Lipinski definition) is 0. The van der Waals surface area contributed by atoms with Gasteiger partial charge in [0.25, 0.3) is 0 Å². The first-order chi connectivity index (χ1) is 11.2. The summed E-state index contributed by atoms with van der Waals surface area (Å²) in [6.45, 7) is 1.14. The SMILES string of the molecule is Clc1cc(-c2nc(-c3ccc4c(c3)OCCO4)cs2)cc(Cl)n1. The second-order valence-electron chi connectivity index (χ2n) is 4.90. The van der Waals surface area contributed by atoms with Crippen molar-refractivity contribution in [2.75, 3.05) is 13.2 Å². The van der Waals surface area contributed by atoms with Crippen molar-refractivity contribution >= 4 is 34.5 Å². The Kier molecular flexibility index (Phi) is 3.85. The van der Waals surface area contributed by atoms with Crippen molar-refractivity contribution in [1.82, 2.24) is 9.97 Å². The first-order valence-electron chi connectivity index (χ1n) is 6.88. The highest BCUT2D eigenvalue weighted by Crippen LogP contribution is 2.36. The largest absolute Gasteiger partial charge is 0.486 e. The number of aromatic nitrogens is 2. The highest BCUT2D eigenvalue weighted by molar-refractivity contribution is 7.13. The van der Waals surface area contributed by atoms with Crippen molar-refractivity contribution in [2.45, 2.75) is 0 Å². The van der Waals surface area contributed by atoms with Crippen LogP contribution in [0, 0.1) is 0 Å². The number of nitrogens with zero attached hydrogens (tertiary/aromatic N) is 2. The predicted octanol–water partition coefficient (Wildman–Crippen LogP) is 4.95. The molecule has 7 heteroatoms. The molecule has 0 spiro atoms. The number of ether oxygens (including phenoxy) is 2. The lowest BCUT2D eigenvalue weighted by molar-refractivity contribution is 0.171. The van der Waals surface area contributed by atoms with Gasteiger partial charge in [0, 0.05) is 16.5 Å². The standard InChI is InChI=1S/C16H10Cl2N2O2S/c17-14-6-10(7-15(18)20-14)16-19-11(8-23-16)9-1-2-12-13(5-9)22-4-3-21-12/h1-2,5-8H,3-4H2. The lowest BCUT2D eigenvalue weighted by atomic mass is 10.1. The van der Waals surface area contributed by atoms with Crippen LogP contribution in [0.25, 0.3) is 21.8 Å². The third-order valence-corrected chi connectivity index (χ3v) is 4.63. The fourth-order valence-electron chi connectivity index (χ4n) is 2.33. The molecule has 0 atom stereocenters. The van der Waals surface area contributed by atoms with Crippen molar-refractivity contribution in [3.8, 4) is 33.3 Å². The van der Waals surface area contributed by atoms with Crippen LogP contribution in [0.3, 0.4) is 0 Å². The third-order valence-electron chi connectivity index (χ3n) is 3.35. The summed E-state index contributed by atoms with van der Waals surface area (Å²) in [7, 11) is 0. The maximum atomic E-state index is 5.95. The van der Waals surface area contributed by atoms with Crippen LogP contribution in [0.5, 0.6) is 11.5 Å². The second-order valence-corrected chi connectivity index (χ2v) is 6.53. The molecule has 0 amide bonds. The van der Waals surface area contributed by atoms with E-state index in [9.17, 15) is 0 Å². The van der Waals surface area contributed by atoms with Crippen LogP contribution in [-0.4, -0.2) is 23.2 Å². The molecule has 0 N–H and O–H groups in total. The molecule has 1 aromatic carbocycles. The Labute approximate surface area is 146 Å². The highest BCUT2D eigenvalue weighted by atomic mass is 35.5. The fraction of sp³-hybridized carbons (Fsp3) is 0.125. The molecule has 4 nitrogen and oxygen atoms in total. The van der Waals surface area contributed by atoms with Crippen molar-refractivity contribution in [3.63, 3.8) is 0 Å². The van der Waals surface area contributed by atoms with E-state index in [4.69, 9.17) is 32.7 Å². The summed E-state index contributed by atoms with van der Waals surface area (Å²) >= 11 is 13.4. The Morgan fingerprint density at radius 2 is 1.61 bits per heavy atom. The zero-order valence-electron chi connectivity index (χ0n) is 11.8. The van der Waals surface area contributed by atoms with Crippen LogP contribution < -0.4 is 9.47 Å². The minimum absolute atomic E-state index is 0.351. The van der Waals surface area contributed by atoms with E-state index >= 15 is 0 Å². The quantitative estimate of drug-likeness (QED) is 0.603. The lowest BCUT2D eigenvalue weighted by Gasteiger charge is -2.18. The smallest absolute Gasteiger partial charge is 0.162 e. The molecule has 0 saturated carbocycles. The van der Waals surface area contributed by atoms with Crippen LogP contribution in [0.4, 0.5) is 0 Å². The van der Waals surface area contributed by atoms with Gasteiger partial charge in [-0.25, -0.2) is 9.97 Å². The molecule has 0 saturated heterocycles. The maximum Gasteiger partial charge on any atom is 0.162 e. The Hall–Kier alpha value is -1.82. The van der Waals surface area contributed by atoms with Gasteiger partial charge >= 0.3 is 0 Å². The number of hydrogen-bond acceptors (Lipinski definition) is 5. The van der Waals surface area contributed by atoms with Gasteiger partial charge in [-0.15, -0.1) is 11.3 Å². The van der Waals surface area contributed by atoms with Crippen molar-refractivity contribution < 1.29 is 9.47 Å². The Balaban J connectivity index is 1.70. The normalized spacial score (nSPS) is 13.1. The number of benzene rings is 1. The van der Waals surface area contributed by atoms with Crippen molar-refractivity contribution in [1.29, 1.82) is 0 Å². The molecule has 23 heavy (non-hydrogen) atoms. The maximum absolute atomic E-state index is 5.95. The molecule has 2 aromatic heterocycles. The molecule has 3 aromatic rings. The van der Waals surface area contributed by atoms with E-state index < -0.39 is 0 Å². The Bertz CT molecular complexity index is 862. The molecule has 0 bridgehead atoms. The number of rotatable bonds is 2. The van der Waals surface area contributed by atoms with Gasteiger partial charge in [0.05, 0.1) is 5.69 Å². The summed E-state index contributed by atoms with van der Waals surface area (Å²) in [5.74, 6) is 1.52. The summed E-state index contributed by atoms with van der Waals surface area (Å²) in [6.07, 6.45) is 0. The van der Waals surface area contributed by atoms with E-state index in [1.54, 1.807) is 12.1 Å². The average Bonchev–Trinajstić information content (AvgIpc) is 3.03. The Morgan fingerprint density at radius 3 is 2.39 bits per heavy atom. The van der Waals surface area contributed by atoms with Crippen LogP contribution >= 0.6 is 34.5 Å². The molecule has 1 aliphatic rings. The summed E-state index contributed by atoms with van der Waals surface area (Å²) in [5.41, 5.74) is 2.69. The van der Waals surface area contributed by atoms with Gasteiger partial charge < -0.3 is 9.47 Å². The fourth-order valence-corrected chi connectivity index (χ4v) is 3.61. The molecule has 0 fully saturated rings. The third kappa shape index (κ3) is 3.00. The average molecular weight is 365 g/mol. The minimum Gasteiger partial charge on any atom is -0.486 e. The number of fused-ring (bicyclic) bond motifs is 1. The first-order valence-corrected chi connectivity index (χ1v) is 8.51. The van der Waals surface area contributed by atoms with Gasteiger partial charge in [-0.1, -0.05) is 23.2 Å². The van der Waals surface area contributed by atoms with E-state index in [0.717, 1.165) is 33.3 Å².